The lowest BCUT2D eigenvalue weighted by Gasteiger charge is -2.36. The second-order valence-corrected chi connectivity index (χ2v) is 9.17. The highest BCUT2D eigenvalue weighted by atomic mass is 32.2. The molecule has 0 radical (unpaired) electrons. The van der Waals surface area contributed by atoms with Crippen molar-refractivity contribution in [3.05, 3.63) is 34.4 Å². The molecule has 4 heteroatoms. The third-order valence-electron chi connectivity index (χ3n) is 4.28. The molecule has 0 amide bonds. The van der Waals surface area contributed by atoms with Gasteiger partial charge in [0.05, 0.1) is 10.8 Å². The molecule has 1 atom stereocenters. The van der Waals surface area contributed by atoms with Gasteiger partial charge in [-0.25, -0.2) is 8.42 Å². The number of rotatable bonds is 6. The summed E-state index contributed by atoms with van der Waals surface area (Å²) >= 11 is 0. The highest BCUT2D eigenvalue weighted by Gasteiger charge is 2.40. The van der Waals surface area contributed by atoms with Crippen LogP contribution in [0.2, 0.25) is 0 Å². The Bertz CT molecular complexity index is 580. The minimum atomic E-state index is -3.19. The third-order valence-corrected chi connectivity index (χ3v) is 6.42. The summed E-state index contributed by atoms with van der Waals surface area (Å²) in [5.74, 6) is 0. The molecule has 0 bridgehead atoms. The van der Waals surface area contributed by atoms with Gasteiger partial charge in [-0.1, -0.05) is 24.6 Å². The van der Waals surface area contributed by atoms with Crippen LogP contribution in [-0.4, -0.2) is 26.0 Å². The van der Waals surface area contributed by atoms with Crippen molar-refractivity contribution in [3.8, 4) is 0 Å². The minimum absolute atomic E-state index is 0.201. The van der Waals surface area contributed by atoms with Crippen LogP contribution in [0.15, 0.2) is 12.1 Å². The first kappa shape index (κ1) is 18.2. The van der Waals surface area contributed by atoms with Gasteiger partial charge in [-0.15, -0.1) is 0 Å². The molecule has 0 aliphatic carbocycles. The minimum Gasteiger partial charge on any atom is -0.309 e. The van der Waals surface area contributed by atoms with Gasteiger partial charge in [0.25, 0.3) is 0 Å². The average Bonchev–Trinajstić information content (AvgIpc) is 2.30. The van der Waals surface area contributed by atoms with Gasteiger partial charge in [0, 0.05) is 6.26 Å². The van der Waals surface area contributed by atoms with Crippen molar-refractivity contribution >= 4 is 9.84 Å². The van der Waals surface area contributed by atoms with E-state index in [2.05, 4.69) is 45.1 Å². The van der Waals surface area contributed by atoms with Crippen LogP contribution in [0.3, 0.4) is 0 Å². The van der Waals surface area contributed by atoms with E-state index in [1.165, 1.54) is 11.8 Å². The molecule has 0 saturated carbocycles. The molecule has 0 aromatic heterocycles. The van der Waals surface area contributed by atoms with Crippen molar-refractivity contribution in [1.29, 1.82) is 0 Å². The molecule has 1 aromatic carbocycles. The molecule has 1 unspecified atom stereocenters. The lowest BCUT2D eigenvalue weighted by molar-refractivity contribution is 0.417. The molecule has 1 aromatic rings. The average molecular weight is 311 g/mol. The molecule has 1 N–H and O–H groups in total. The van der Waals surface area contributed by atoms with Crippen molar-refractivity contribution in [2.24, 2.45) is 0 Å². The van der Waals surface area contributed by atoms with Crippen LogP contribution < -0.4 is 5.32 Å². The van der Waals surface area contributed by atoms with E-state index in [0.717, 1.165) is 29.7 Å². The van der Waals surface area contributed by atoms with Gasteiger partial charge in [0.15, 0.2) is 9.84 Å². The van der Waals surface area contributed by atoms with Crippen LogP contribution >= 0.6 is 0 Å². The van der Waals surface area contributed by atoms with Gasteiger partial charge in [-0.2, -0.15) is 0 Å². The number of sulfone groups is 1. The summed E-state index contributed by atoms with van der Waals surface area (Å²) in [6.07, 6.45) is 2.30. The first-order chi connectivity index (χ1) is 9.52. The van der Waals surface area contributed by atoms with Crippen molar-refractivity contribution in [2.75, 3.05) is 12.8 Å². The van der Waals surface area contributed by atoms with Crippen molar-refractivity contribution < 1.29 is 8.42 Å². The topological polar surface area (TPSA) is 46.2 Å². The third kappa shape index (κ3) is 3.86. The van der Waals surface area contributed by atoms with E-state index in [1.54, 1.807) is 0 Å². The summed E-state index contributed by atoms with van der Waals surface area (Å²) in [6, 6.07) is 4.05. The Morgan fingerprint density at radius 2 is 1.62 bits per heavy atom. The number of nitrogens with one attached hydrogen (secondary N) is 1. The zero-order valence-electron chi connectivity index (χ0n) is 14.4. The van der Waals surface area contributed by atoms with E-state index < -0.39 is 14.6 Å². The molecule has 0 heterocycles. The molecular weight excluding hydrogens is 282 g/mol. The maximum atomic E-state index is 12.3. The molecule has 3 nitrogen and oxygen atoms in total. The summed E-state index contributed by atoms with van der Waals surface area (Å²) in [6.45, 7) is 12.7. The molecule has 1 rings (SSSR count). The maximum Gasteiger partial charge on any atom is 0.154 e. The summed E-state index contributed by atoms with van der Waals surface area (Å²) in [5, 5.41) is 3.45. The van der Waals surface area contributed by atoms with Crippen molar-refractivity contribution in [3.63, 3.8) is 0 Å². The van der Waals surface area contributed by atoms with E-state index in [1.807, 2.05) is 13.8 Å². The predicted octanol–water partition coefficient (Wildman–Crippen LogP) is 3.48. The van der Waals surface area contributed by atoms with Crippen LogP contribution in [0, 0.1) is 20.8 Å². The molecule has 0 aliphatic heterocycles. The maximum absolute atomic E-state index is 12.3. The van der Waals surface area contributed by atoms with E-state index >= 15 is 0 Å². The molecule has 120 valence electrons. The number of hydrogen-bond donors (Lipinski definition) is 1. The lowest BCUT2D eigenvalue weighted by Crippen LogP contribution is -2.45. The van der Waals surface area contributed by atoms with Gasteiger partial charge in [-0.05, 0) is 64.3 Å². The van der Waals surface area contributed by atoms with Gasteiger partial charge in [-0.3, -0.25) is 0 Å². The van der Waals surface area contributed by atoms with Crippen LogP contribution in [0.1, 0.15) is 55.5 Å². The SMILES string of the molecule is CCCNC(c1c(C)cc(C)cc1C)C(C)(C)S(C)(=O)=O. The summed E-state index contributed by atoms with van der Waals surface area (Å²) < 4.78 is 23.7. The van der Waals surface area contributed by atoms with Crippen molar-refractivity contribution in [2.45, 2.75) is 58.8 Å². The fourth-order valence-corrected chi connectivity index (χ4v) is 3.47. The largest absolute Gasteiger partial charge is 0.309 e. The van der Waals surface area contributed by atoms with Crippen LogP contribution in [0.4, 0.5) is 0 Å². The monoisotopic (exact) mass is 311 g/mol. The Labute approximate surface area is 130 Å². The molecule has 0 aliphatic rings. The highest BCUT2D eigenvalue weighted by molar-refractivity contribution is 7.92. The Morgan fingerprint density at radius 3 is 2.00 bits per heavy atom. The molecular formula is C17H29NO2S. The second kappa shape index (κ2) is 6.49. The van der Waals surface area contributed by atoms with E-state index in [4.69, 9.17) is 0 Å². The van der Waals surface area contributed by atoms with Gasteiger partial charge < -0.3 is 5.32 Å². The summed E-state index contributed by atoms with van der Waals surface area (Å²) in [7, 11) is -3.19. The molecule has 21 heavy (non-hydrogen) atoms. The fraction of sp³-hybridized carbons (Fsp3) is 0.647. The Balaban J connectivity index is 3.47. The first-order valence-electron chi connectivity index (χ1n) is 7.53. The van der Waals surface area contributed by atoms with Gasteiger partial charge in [0.1, 0.15) is 0 Å². The van der Waals surface area contributed by atoms with Crippen LogP contribution in [0.25, 0.3) is 0 Å². The predicted molar refractivity (Wildman–Crippen MR) is 90.6 cm³/mol. The standard InChI is InChI=1S/C17H29NO2S/c1-8-9-18-16(17(5,6)21(7,19)20)15-13(3)10-12(2)11-14(15)4/h10-11,16,18H,8-9H2,1-7H3. The second-order valence-electron chi connectivity index (χ2n) is 6.58. The Hall–Kier alpha value is -0.870. The van der Waals surface area contributed by atoms with Crippen LogP contribution in [-0.2, 0) is 9.84 Å². The Kier molecular flexibility index (Phi) is 5.62. The van der Waals surface area contributed by atoms with Gasteiger partial charge >= 0.3 is 0 Å². The van der Waals surface area contributed by atoms with Crippen LogP contribution in [0.5, 0.6) is 0 Å². The van der Waals surface area contributed by atoms with E-state index in [0.29, 0.717) is 0 Å². The smallest absolute Gasteiger partial charge is 0.154 e. The number of benzene rings is 1. The van der Waals surface area contributed by atoms with E-state index in [9.17, 15) is 8.42 Å². The molecule has 0 fully saturated rings. The van der Waals surface area contributed by atoms with Crippen molar-refractivity contribution in [1.82, 2.24) is 5.32 Å². The summed E-state index contributed by atoms with van der Waals surface area (Å²) in [5.41, 5.74) is 4.63. The fourth-order valence-electron chi connectivity index (χ4n) is 2.84. The normalized spacial score (nSPS) is 14.2. The van der Waals surface area contributed by atoms with E-state index in [-0.39, 0.29) is 6.04 Å². The first-order valence-corrected chi connectivity index (χ1v) is 9.42. The molecule has 0 spiro atoms. The zero-order chi connectivity index (χ0) is 16.4. The highest BCUT2D eigenvalue weighted by Crippen LogP contribution is 2.36. The quantitative estimate of drug-likeness (QED) is 0.875. The molecule has 0 saturated heterocycles. The lowest BCUT2D eigenvalue weighted by atomic mass is 9.87. The zero-order valence-corrected chi connectivity index (χ0v) is 15.2. The Morgan fingerprint density at radius 1 is 1.14 bits per heavy atom. The summed E-state index contributed by atoms with van der Waals surface area (Å²) in [4.78, 5) is 0. The van der Waals surface area contributed by atoms with Gasteiger partial charge in [0.2, 0.25) is 0 Å². The number of hydrogen-bond acceptors (Lipinski definition) is 3. The number of aryl methyl sites for hydroxylation is 3.